The van der Waals surface area contributed by atoms with Gasteiger partial charge in [-0.2, -0.15) is 5.26 Å². The molecule has 5 heteroatoms. The third-order valence-corrected chi connectivity index (χ3v) is 3.88. The van der Waals surface area contributed by atoms with Crippen molar-refractivity contribution in [1.29, 1.82) is 5.26 Å². The Hall–Kier alpha value is -1.61. The molecule has 1 aliphatic rings. The fourth-order valence-corrected chi connectivity index (χ4v) is 2.34. The Morgan fingerprint density at radius 1 is 1.43 bits per heavy atom. The summed E-state index contributed by atoms with van der Waals surface area (Å²) in [5.74, 6) is 0.590. The van der Waals surface area contributed by atoms with Gasteiger partial charge in [-0.25, -0.2) is 0 Å². The van der Waals surface area contributed by atoms with Crippen LogP contribution in [0, 0.1) is 16.7 Å². The van der Waals surface area contributed by atoms with E-state index >= 15 is 0 Å². The zero-order valence-corrected chi connectivity index (χ0v) is 12.1. The van der Waals surface area contributed by atoms with Crippen LogP contribution in [0.5, 0.6) is 5.75 Å². The number of aliphatic hydroxyl groups is 2. The average molecular weight is 290 g/mol. The van der Waals surface area contributed by atoms with E-state index in [-0.39, 0.29) is 18.6 Å². The fraction of sp³-hybridized carbons (Fsp3) is 0.562. The van der Waals surface area contributed by atoms with Gasteiger partial charge in [-0.15, -0.1) is 0 Å². The Morgan fingerprint density at radius 2 is 2.24 bits per heavy atom. The number of hydrogen-bond donors (Lipinski definition) is 3. The Bertz CT molecular complexity index is 495. The molecule has 0 radical (unpaired) electrons. The predicted molar refractivity (Wildman–Crippen MR) is 78.9 cm³/mol. The van der Waals surface area contributed by atoms with Crippen LogP contribution in [0.2, 0.25) is 0 Å². The smallest absolute Gasteiger partial charge is 0.120 e. The van der Waals surface area contributed by atoms with Gasteiger partial charge in [0.1, 0.15) is 18.5 Å². The number of ether oxygens (including phenoxy) is 1. The van der Waals surface area contributed by atoms with Crippen molar-refractivity contribution in [1.82, 2.24) is 5.32 Å². The highest BCUT2D eigenvalue weighted by Crippen LogP contribution is 2.47. The van der Waals surface area contributed by atoms with Gasteiger partial charge >= 0.3 is 0 Å². The molecule has 1 aliphatic carbocycles. The van der Waals surface area contributed by atoms with Gasteiger partial charge in [0.25, 0.3) is 0 Å². The monoisotopic (exact) mass is 290 g/mol. The van der Waals surface area contributed by atoms with E-state index in [4.69, 9.17) is 15.1 Å². The largest absolute Gasteiger partial charge is 0.491 e. The lowest BCUT2D eigenvalue weighted by molar-refractivity contribution is 0.104. The molecule has 114 valence electrons. The minimum Gasteiger partial charge on any atom is -0.491 e. The fourth-order valence-electron chi connectivity index (χ4n) is 2.34. The number of nitrogens with one attached hydrogen (secondary N) is 1. The summed E-state index contributed by atoms with van der Waals surface area (Å²) in [7, 11) is 0. The molecule has 1 aromatic carbocycles. The number of benzene rings is 1. The summed E-state index contributed by atoms with van der Waals surface area (Å²) < 4.78 is 5.47. The summed E-state index contributed by atoms with van der Waals surface area (Å²) >= 11 is 0. The van der Waals surface area contributed by atoms with Crippen molar-refractivity contribution in [3.05, 3.63) is 29.8 Å². The van der Waals surface area contributed by atoms with Crippen LogP contribution in [0.3, 0.4) is 0 Å². The minimum absolute atomic E-state index is 0.189. The van der Waals surface area contributed by atoms with Crippen molar-refractivity contribution in [2.75, 3.05) is 26.3 Å². The standard InChI is InChI=1S/C16H22N2O3/c17-9-13-2-1-3-15(8-13)21-11-14(20)10-18-12-16(4-5-16)6-7-19/h1-3,8,14,18-20H,4-7,10-12H2. The molecule has 1 saturated carbocycles. The second-order valence-corrected chi connectivity index (χ2v) is 5.71. The summed E-state index contributed by atoms with van der Waals surface area (Å²) in [5, 5.41) is 30.9. The van der Waals surface area contributed by atoms with Crippen LogP contribution in [-0.4, -0.2) is 42.6 Å². The molecular weight excluding hydrogens is 268 g/mol. The highest BCUT2D eigenvalue weighted by molar-refractivity contribution is 5.36. The van der Waals surface area contributed by atoms with E-state index in [1.54, 1.807) is 24.3 Å². The van der Waals surface area contributed by atoms with Crippen LogP contribution in [0.15, 0.2) is 24.3 Å². The first-order valence-electron chi connectivity index (χ1n) is 7.30. The van der Waals surface area contributed by atoms with Crippen molar-refractivity contribution >= 4 is 0 Å². The molecule has 0 spiro atoms. The molecule has 1 unspecified atom stereocenters. The summed E-state index contributed by atoms with van der Waals surface area (Å²) in [6, 6.07) is 8.93. The number of nitriles is 1. The number of aliphatic hydroxyl groups excluding tert-OH is 2. The Labute approximate surface area is 125 Å². The molecule has 1 atom stereocenters. The quantitative estimate of drug-likeness (QED) is 0.633. The normalized spacial score (nSPS) is 17.0. The van der Waals surface area contributed by atoms with Gasteiger partial charge < -0.3 is 20.3 Å². The molecule has 21 heavy (non-hydrogen) atoms. The molecule has 0 bridgehead atoms. The lowest BCUT2D eigenvalue weighted by Gasteiger charge is -2.17. The summed E-state index contributed by atoms with van der Waals surface area (Å²) in [6.07, 6.45) is 2.52. The second kappa shape index (κ2) is 7.41. The molecule has 0 heterocycles. The van der Waals surface area contributed by atoms with Crippen LogP contribution in [0.4, 0.5) is 0 Å². The van der Waals surface area contributed by atoms with Crippen LogP contribution >= 0.6 is 0 Å². The molecule has 5 nitrogen and oxygen atoms in total. The maximum atomic E-state index is 9.88. The predicted octanol–water partition coefficient (Wildman–Crippen LogP) is 1.05. The highest BCUT2D eigenvalue weighted by atomic mass is 16.5. The minimum atomic E-state index is -0.597. The first-order chi connectivity index (χ1) is 10.2. The molecule has 1 fully saturated rings. The lowest BCUT2D eigenvalue weighted by Crippen LogP contribution is -2.35. The van der Waals surface area contributed by atoms with E-state index < -0.39 is 6.10 Å². The van der Waals surface area contributed by atoms with Gasteiger partial charge in [0.2, 0.25) is 0 Å². The summed E-state index contributed by atoms with van der Waals surface area (Å²) in [4.78, 5) is 0. The molecule has 0 amide bonds. The molecule has 0 aromatic heterocycles. The lowest BCUT2D eigenvalue weighted by atomic mass is 10.0. The highest BCUT2D eigenvalue weighted by Gasteiger charge is 2.41. The first-order valence-corrected chi connectivity index (χ1v) is 7.30. The van der Waals surface area contributed by atoms with Crippen molar-refractivity contribution in [3.63, 3.8) is 0 Å². The molecule has 3 N–H and O–H groups in total. The Balaban J connectivity index is 1.65. The van der Waals surface area contributed by atoms with Crippen molar-refractivity contribution < 1.29 is 14.9 Å². The van der Waals surface area contributed by atoms with Crippen LogP contribution < -0.4 is 10.1 Å². The molecular formula is C16H22N2O3. The number of nitrogens with zero attached hydrogens (tertiary/aromatic N) is 1. The molecule has 0 saturated heterocycles. The molecule has 0 aliphatic heterocycles. The zero-order valence-electron chi connectivity index (χ0n) is 12.1. The summed E-state index contributed by atoms with van der Waals surface area (Å²) in [5.41, 5.74) is 0.788. The maximum Gasteiger partial charge on any atom is 0.120 e. The number of hydrogen-bond acceptors (Lipinski definition) is 5. The van der Waals surface area contributed by atoms with E-state index in [9.17, 15) is 5.11 Å². The van der Waals surface area contributed by atoms with Gasteiger partial charge in [-0.05, 0) is 42.9 Å². The third-order valence-electron chi connectivity index (χ3n) is 3.88. The van der Waals surface area contributed by atoms with Crippen molar-refractivity contribution in [3.8, 4) is 11.8 Å². The van der Waals surface area contributed by atoms with Gasteiger partial charge in [0.15, 0.2) is 0 Å². The Morgan fingerprint density at radius 3 is 2.90 bits per heavy atom. The van der Waals surface area contributed by atoms with Crippen LogP contribution in [-0.2, 0) is 0 Å². The number of rotatable bonds is 9. The average Bonchev–Trinajstić information content (AvgIpc) is 3.25. The van der Waals surface area contributed by atoms with Crippen LogP contribution in [0.1, 0.15) is 24.8 Å². The SMILES string of the molecule is N#Cc1cccc(OCC(O)CNCC2(CCO)CC2)c1. The van der Waals surface area contributed by atoms with Gasteiger partial charge in [-0.3, -0.25) is 0 Å². The van der Waals surface area contributed by atoms with E-state index in [1.807, 2.05) is 6.07 Å². The van der Waals surface area contributed by atoms with Gasteiger partial charge in [0.05, 0.1) is 11.6 Å². The zero-order chi connectivity index (χ0) is 15.1. The summed E-state index contributed by atoms with van der Waals surface area (Å²) in [6.45, 7) is 1.71. The van der Waals surface area contributed by atoms with Gasteiger partial charge in [-0.1, -0.05) is 6.07 Å². The Kier molecular flexibility index (Phi) is 5.57. The maximum absolute atomic E-state index is 9.88. The molecule has 1 aromatic rings. The van der Waals surface area contributed by atoms with E-state index in [0.717, 1.165) is 25.8 Å². The van der Waals surface area contributed by atoms with E-state index in [2.05, 4.69) is 5.32 Å². The van der Waals surface area contributed by atoms with Crippen molar-refractivity contribution in [2.45, 2.75) is 25.4 Å². The third kappa shape index (κ3) is 5.01. The second-order valence-electron chi connectivity index (χ2n) is 5.71. The van der Waals surface area contributed by atoms with E-state index in [1.165, 1.54) is 0 Å². The van der Waals surface area contributed by atoms with Gasteiger partial charge in [0, 0.05) is 19.7 Å². The van der Waals surface area contributed by atoms with E-state index in [0.29, 0.717) is 17.9 Å². The van der Waals surface area contributed by atoms with Crippen LogP contribution in [0.25, 0.3) is 0 Å². The molecule has 2 rings (SSSR count). The van der Waals surface area contributed by atoms with Crippen molar-refractivity contribution in [2.24, 2.45) is 5.41 Å². The topological polar surface area (TPSA) is 85.5 Å². The first kappa shape index (κ1) is 15.8.